The molecule has 26 heavy (non-hydrogen) atoms. The number of para-hydroxylation sites is 1. The van der Waals surface area contributed by atoms with Gasteiger partial charge in [-0.15, -0.1) is 0 Å². The summed E-state index contributed by atoms with van der Waals surface area (Å²) in [4.78, 5) is 29.2. The number of hydrogen-bond acceptors (Lipinski definition) is 4. The summed E-state index contributed by atoms with van der Waals surface area (Å²) in [6.45, 7) is 8.14. The van der Waals surface area contributed by atoms with E-state index in [4.69, 9.17) is 4.74 Å². The predicted molar refractivity (Wildman–Crippen MR) is 101 cm³/mol. The summed E-state index contributed by atoms with van der Waals surface area (Å²) in [7, 11) is 0. The van der Waals surface area contributed by atoms with Crippen LogP contribution in [-0.4, -0.2) is 74.2 Å². The maximum absolute atomic E-state index is 12.8. The van der Waals surface area contributed by atoms with E-state index in [-0.39, 0.29) is 11.9 Å². The number of benzene rings is 1. The lowest BCUT2D eigenvalue weighted by molar-refractivity contribution is 0.0388. The highest BCUT2D eigenvalue weighted by atomic mass is 16.5. The fourth-order valence-corrected chi connectivity index (χ4v) is 3.41. The number of amides is 3. The number of hydrogen-bond donors (Lipinski definition) is 2. The second-order valence-corrected chi connectivity index (χ2v) is 6.83. The molecule has 142 valence electrons. The van der Waals surface area contributed by atoms with Gasteiger partial charge in [-0.2, -0.15) is 0 Å². The van der Waals surface area contributed by atoms with Crippen LogP contribution in [0.3, 0.4) is 0 Å². The fraction of sp³-hybridized carbons (Fsp3) is 0.579. The van der Waals surface area contributed by atoms with E-state index in [1.165, 1.54) is 0 Å². The molecule has 2 aliphatic rings. The number of aryl methyl sites for hydroxylation is 1. The Bertz CT molecular complexity index is 638. The molecule has 0 aliphatic carbocycles. The van der Waals surface area contributed by atoms with Crippen molar-refractivity contribution in [2.75, 3.05) is 57.8 Å². The molecule has 2 N–H and O–H groups in total. The van der Waals surface area contributed by atoms with E-state index in [9.17, 15) is 9.59 Å². The number of likely N-dealkylation sites (tertiary alicyclic amines) is 1. The van der Waals surface area contributed by atoms with Gasteiger partial charge in [0.1, 0.15) is 0 Å². The number of morpholine rings is 1. The van der Waals surface area contributed by atoms with Crippen LogP contribution in [0.5, 0.6) is 0 Å². The van der Waals surface area contributed by atoms with Crippen LogP contribution < -0.4 is 10.6 Å². The molecule has 7 heteroatoms. The molecule has 0 saturated carbocycles. The molecule has 0 bridgehead atoms. The molecule has 1 aromatic carbocycles. The van der Waals surface area contributed by atoms with Gasteiger partial charge in [0.15, 0.2) is 0 Å². The number of nitrogens with zero attached hydrogens (tertiary/aromatic N) is 2. The first-order chi connectivity index (χ1) is 12.6. The van der Waals surface area contributed by atoms with Crippen LogP contribution in [0.2, 0.25) is 0 Å². The second kappa shape index (κ2) is 9.00. The fourth-order valence-electron chi connectivity index (χ4n) is 3.41. The summed E-state index contributed by atoms with van der Waals surface area (Å²) in [5, 5.41) is 5.76. The molecule has 2 heterocycles. The molecule has 2 saturated heterocycles. The summed E-state index contributed by atoms with van der Waals surface area (Å²) in [6.07, 6.45) is 2.09. The molecule has 0 aromatic heterocycles. The van der Waals surface area contributed by atoms with Gasteiger partial charge in [0, 0.05) is 39.3 Å². The van der Waals surface area contributed by atoms with Crippen molar-refractivity contribution in [2.24, 2.45) is 0 Å². The highest BCUT2D eigenvalue weighted by molar-refractivity contribution is 6.04. The van der Waals surface area contributed by atoms with Gasteiger partial charge in [0.25, 0.3) is 5.91 Å². The minimum Gasteiger partial charge on any atom is -0.379 e. The first-order valence-electron chi connectivity index (χ1n) is 9.39. The molecule has 7 nitrogen and oxygen atoms in total. The molecule has 0 spiro atoms. The van der Waals surface area contributed by atoms with Gasteiger partial charge in [0.05, 0.1) is 24.5 Å². The minimum atomic E-state index is -0.275. The molecule has 2 fully saturated rings. The molecular weight excluding hydrogens is 332 g/mol. The van der Waals surface area contributed by atoms with Crippen LogP contribution in [0.4, 0.5) is 10.5 Å². The molecule has 0 radical (unpaired) electrons. The zero-order chi connectivity index (χ0) is 18.4. The van der Waals surface area contributed by atoms with Crippen molar-refractivity contribution in [2.45, 2.75) is 19.8 Å². The van der Waals surface area contributed by atoms with Crippen LogP contribution >= 0.6 is 0 Å². The van der Waals surface area contributed by atoms with E-state index in [0.29, 0.717) is 17.8 Å². The third kappa shape index (κ3) is 4.74. The lowest BCUT2D eigenvalue weighted by atomic mass is 10.1. The van der Waals surface area contributed by atoms with Crippen molar-refractivity contribution in [1.29, 1.82) is 0 Å². The van der Waals surface area contributed by atoms with Gasteiger partial charge >= 0.3 is 6.03 Å². The number of ether oxygens (including phenoxy) is 1. The molecule has 3 amide bonds. The SMILES string of the molecule is Cc1cccc(C(=O)N2CCCC2)c1NC(=O)NCCN1CCOCC1. The normalized spacial score (nSPS) is 18.0. The van der Waals surface area contributed by atoms with Crippen molar-refractivity contribution in [3.05, 3.63) is 29.3 Å². The van der Waals surface area contributed by atoms with Gasteiger partial charge < -0.3 is 20.3 Å². The smallest absolute Gasteiger partial charge is 0.319 e. The number of carbonyl (C=O) groups excluding carboxylic acids is 2. The van der Waals surface area contributed by atoms with Crippen LogP contribution in [0.25, 0.3) is 0 Å². The Kier molecular flexibility index (Phi) is 6.46. The van der Waals surface area contributed by atoms with Crippen molar-refractivity contribution in [3.63, 3.8) is 0 Å². The first-order valence-corrected chi connectivity index (χ1v) is 9.39. The Balaban J connectivity index is 1.57. The van der Waals surface area contributed by atoms with Crippen molar-refractivity contribution in [1.82, 2.24) is 15.1 Å². The maximum atomic E-state index is 12.8. The average Bonchev–Trinajstić information content (AvgIpc) is 3.18. The van der Waals surface area contributed by atoms with E-state index in [0.717, 1.165) is 64.3 Å². The topological polar surface area (TPSA) is 73.9 Å². The lowest BCUT2D eigenvalue weighted by Gasteiger charge is -2.26. The quantitative estimate of drug-likeness (QED) is 0.838. The standard InChI is InChI=1S/C19H28N4O3/c1-15-5-4-6-16(18(24)23-8-2-3-9-23)17(15)21-19(25)20-7-10-22-11-13-26-14-12-22/h4-6H,2-3,7-14H2,1H3,(H2,20,21,25). The van der Waals surface area contributed by atoms with Crippen LogP contribution in [0, 0.1) is 6.92 Å². The zero-order valence-corrected chi connectivity index (χ0v) is 15.4. The Hall–Kier alpha value is -2.12. The van der Waals surface area contributed by atoms with Gasteiger partial charge in [-0.3, -0.25) is 9.69 Å². The molecule has 2 aliphatic heterocycles. The Morgan fingerprint density at radius 3 is 2.58 bits per heavy atom. The van der Waals surface area contributed by atoms with Gasteiger partial charge in [-0.1, -0.05) is 12.1 Å². The molecule has 0 unspecified atom stereocenters. The van der Waals surface area contributed by atoms with E-state index in [2.05, 4.69) is 15.5 Å². The van der Waals surface area contributed by atoms with Gasteiger partial charge in [-0.05, 0) is 31.4 Å². The van der Waals surface area contributed by atoms with Crippen molar-refractivity contribution >= 4 is 17.6 Å². The van der Waals surface area contributed by atoms with E-state index in [1.807, 2.05) is 24.0 Å². The third-order valence-corrected chi connectivity index (χ3v) is 4.95. The van der Waals surface area contributed by atoms with Crippen LogP contribution in [-0.2, 0) is 4.74 Å². The molecule has 3 rings (SSSR count). The maximum Gasteiger partial charge on any atom is 0.319 e. The number of carbonyl (C=O) groups is 2. The Morgan fingerprint density at radius 2 is 1.85 bits per heavy atom. The van der Waals surface area contributed by atoms with Crippen LogP contribution in [0.15, 0.2) is 18.2 Å². The monoisotopic (exact) mass is 360 g/mol. The first kappa shape index (κ1) is 18.7. The summed E-state index contributed by atoms with van der Waals surface area (Å²) in [5.74, 6) is -0.00480. The lowest BCUT2D eigenvalue weighted by Crippen LogP contribution is -2.42. The van der Waals surface area contributed by atoms with Gasteiger partial charge in [0.2, 0.25) is 0 Å². The summed E-state index contributed by atoms with van der Waals surface area (Å²) in [5.41, 5.74) is 2.06. The van der Waals surface area contributed by atoms with Gasteiger partial charge in [-0.25, -0.2) is 4.79 Å². The average molecular weight is 360 g/mol. The van der Waals surface area contributed by atoms with E-state index >= 15 is 0 Å². The van der Waals surface area contributed by atoms with E-state index < -0.39 is 0 Å². The van der Waals surface area contributed by atoms with Crippen LogP contribution in [0.1, 0.15) is 28.8 Å². The molecule has 0 atom stereocenters. The number of anilines is 1. The molecular formula is C19H28N4O3. The number of nitrogens with one attached hydrogen (secondary N) is 2. The number of rotatable bonds is 5. The summed E-state index contributed by atoms with van der Waals surface area (Å²) >= 11 is 0. The largest absolute Gasteiger partial charge is 0.379 e. The third-order valence-electron chi connectivity index (χ3n) is 4.95. The second-order valence-electron chi connectivity index (χ2n) is 6.83. The molecule has 1 aromatic rings. The van der Waals surface area contributed by atoms with E-state index in [1.54, 1.807) is 6.07 Å². The summed E-state index contributed by atoms with van der Waals surface area (Å²) in [6, 6.07) is 5.28. The highest BCUT2D eigenvalue weighted by Gasteiger charge is 2.23. The summed E-state index contributed by atoms with van der Waals surface area (Å²) < 4.78 is 5.32. The Labute approximate surface area is 154 Å². The minimum absolute atomic E-state index is 0.00480. The highest BCUT2D eigenvalue weighted by Crippen LogP contribution is 2.23. The van der Waals surface area contributed by atoms with Crippen molar-refractivity contribution < 1.29 is 14.3 Å². The predicted octanol–water partition coefficient (Wildman–Crippen LogP) is 1.68. The zero-order valence-electron chi connectivity index (χ0n) is 15.4. The Morgan fingerprint density at radius 1 is 1.12 bits per heavy atom. The number of urea groups is 1. The van der Waals surface area contributed by atoms with Crippen molar-refractivity contribution in [3.8, 4) is 0 Å².